The number of hydrogen-bond acceptors (Lipinski definition) is 11. The normalized spacial score (nSPS) is 20.0. The number of fused-ring (bicyclic) bond motifs is 2. The molecule has 2 amide bonds. The fraction of sp³-hybridized carbons (Fsp3) is 0.250. The summed E-state index contributed by atoms with van der Waals surface area (Å²) in [6.07, 6.45) is 3.84. The van der Waals surface area contributed by atoms with Crippen molar-refractivity contribution < 1.29 is 28.9 Å². The third-order valence-corrected chi connectivity index (χ3v) is 8.17. The fourth-order valence-electron chi connectivity index (χ4n) is 3.88. The van der Waals surface area contributed by atoms with Gasteiger partial charge in [-0.15, -0.1) is 23.1 Å². The first-order chi connectivity index (χ1) is 16.9. The van der Waals surface area contributed by atoms with Crippen LogP contribution in [0.2, 0.25) is 0 Å². The van der Waals surface area contributed by atoms with Gasteiger partial charge in [-0.25, -0.2) is 4.79 Å². The lowest BCUT2D eigenvalue weighted by Gasteiger charge is -2.49. The third-order valence-electron chi connectivity index (χ3n) is 5.42. The van der Waals surface area contributed by atoms with E-state index in [1.807, 2.05) is 34.5 Å². The van der Waals surface area contributed by atoms with Crippen molar-refractivity contribution in [2.24, 2.45) is 5.16 Å². The molecule has 15 heteroatoms. The van der Waals surface area contributed by atoms with E-state index in [2.05, 4.69) is 19.8 Å². The smallest absolute Gasteiger partial charge is 0.352 e. The van der Waals surface area contributed by atoms with Gasteiger partial charge < -0.3 is 21.0 Å². The molecule has 1 unspecified atom stereocenters. The molecule has 1 fully saturated rings. The first-order valence-electron chi connectivity index (χ1n) is 10.1. The van der Waals surface area contributed by atoms with E-state index in [0.29, 0.717) is 17.9 Å². The number of thiophene rings is 1. The van der Waals surface area contributed by atoms with Crippen LogP contribution in [0.1, 0.15) is 5.82 Å². The van der Waals surface area contributed by atoms with Crippen LogP contribution in [0, 0.1) is 0 Å². The molecule has 2 atom stereocenters. The predicted molar refractivity (Wildman–Crippen MR) is 130 cm³/mol. The minimum atomic E-state index is -1.19. The number of carbonyl (C=O) groups is 3. The molecule has 5 heterocycles. The van der Waals surface area contributed by atoms with Crippen LogP contribution in [0.15, 0.2) is 46.3 Å². The van der Waals surface area contributed by atoms with Crippen LogP contribution in [0.4, 0.5) is 5.13 Å². The van der Waals surface area contributed by atoms with Crippen molar-refractivity contribution >= 4 is 73.3 Å². The molecule has 180 valence electrons. The lowest BCUT2D eigenvalue weighted by molar-refractivity contribution is -0.687. The number of β-lactam (4-membered cyclic amide) rings is 1. The number of oxime groups is 1. The highest BCUT2D eigenvalue weighted by Gasteiger charge is 2.54. The molecule has 3 aromatic heterocycles. The van der Waals surface area contributed by atoms with Crippen LogP contribution in [-0.4, -0.2) is 67.1 Å². The number of nitrogens with one attached hydrogen (secondary N) is 1. The Hall–Kier alpha value is -3.56. The maximum absolute atomic E-state index is 13.0. The van der Waals surface area contributed by atoms with E-state index in [1.54, 1.807) is 11.3 Å². The Morgan fingerprint density at radius 1 is 1.43 bits per heavy atom. The Labute approximate surface area is 210 Å². The van der Waals surface area contributed by atoms with Crippen molar-refractivity contribution in [2.45, 2.75) is 18.0 Å². The molecule has 3 aromatic rings. The van der Waals surface area contributed by atoms with Crippen LogP contribution in [0.3, 0.4) is 0 Å². The summed E-state index contributed by atoms with van der Waals surface area (Å²) in [5.74, 6) is -2.08. The largest absolute Gasteiger partial charge is 0.477 e. The van der Waals surface area contributed by atoms with Gasteiger partial charge >= 0.3 is 5.97 Å². The minimum absolute atomic E-state index is 0.0279. The number of aliphatic carboxylic acids is 1. The second kappa shape index (κ2) is 9.24. The molecular weight excluding hydrogens is 514 g/mol. The molecule has 0 bridgehead atoms. The van der Waals surface area contributed by atoms with Crippen LogP contribution in [0.25, 0.3) is 10.1 Å². The highest BCUT2D eigenvalue weighted by molar-refractivity contribution is 8.00. The number of nitrogen functional groups attached to an aromatic ring is 1. The van der Waals surface area contributed by atoms with Crippen molar-refractivity contribution in [1.29, 1.82) is 0 Å². The van der Waals surface area contributed by atoms with Gasteiger partial charge in [-0.3, -0.25) is 14.5 Å². The Morgan fingerprint density at radius 2 is 2.26 bits per heavy atom. The van der Waals surface area contributed by atoms with Gasteiger partial charge in [0.15, 0.2) is 24.1 Å². The maximum Gasteiger partial charge on any atom is 0.352 e. The Bertz CT molecular complexity index is 1410. The molecule has 35 heavy (non-hydrogen) atoms. The Balaban J connectivity index is 1.36. The van der Waals surface area contributed by atoms with Gasteiger partial charge in [-0.05, 0) is 11.4 Å². The van der Waals surface area contributed by atoms with E-state index in [0.717, 1.165) is 21.6 Å². The summed E-state index contributed by atoms with van der Waals surface area (Å²) in [6, 6.07) is 3.05. The molecule has 12 nitrogen and oxygen atoms in total. The molecular formula is C20H18N7O5S3+. The van der Waals surface area contributed by atoms with Gasteiger partial charge in [-0.1, -0.05) is 5.16 Å². The summed E-state index contributed by atoms with van der Waals surface area (Å²) >= 11 is 3.87. The average molecular weight is 533 g/mol. The second-order valence-electron chi connectivity index (χ2n) is 7.55. The quantitative estimate of drug-likeness (QED) is 0.169. The monoisotopic (exact) mass is 532 g/mol. The van der Waals surface area contributed by atoms with Crippen molar-refractivity contribution in [3.8, 4) is 0 Å². The van der Waals surface area contributed by atoms with E-state index in [1.165, 1.54) is 23.8 Å². The van der Waals surface area contributed by atoms with Gasteiger partial charge in [0, 0.05) is 34.3 Å². The molecule has 2 aliphatic heterocycles. The average Bonchev–Trinajstić information content (AvgIpc) is 3.48. The summed E-state index contributed by atoms with van der Waals surface area (Å²) in [4.78, 5) is 47.8. The summed E-state index contributed by atoms with van der Waals surface area (Å²) < 4.78 is 6.94. The van der Waals surface area contributed by atoms with Crippen molar-refractivity contribution in [1.82, 2.24) is 19.6 Å². The van der Waals surface area contributed by atoms with Gasteiger partial charge in [0.25, 0.3) is 11.8 Å². The lowest BCUT2D eigenvalue weighted by Crippen LogP contribution is -2.71. The van der Waals surface area contributed by atoms with E-state index in [-0.39, 0.29) is 22.4 Å². The van der Waals surface area contributed by atoms with E-state index in [9.17, 15) is 19.5 Å². The number of anilines is 1. The summed E-state index contributed by atoms with van der Waals surface area (Å²) in [5, 5.41) is 18.9. The van der Waals surface area contributed by atoms with Gasteiger partial charge in [0.1, 0.15) is 24.2 Å². The molecule has 2 aliphatic rings. The first kappa shape index (κ1) is 23.2. The highest BCUT2D eigenvalue weighted by atomic mass is 32.2. The van der Waals surface area contributed by atoms with Crippen LogP contribution < -0.4 is 15.6 Å². The molecule has 0 spiro atoms. The van der Waals surface area contributed by atoms with E-state index < -0.39 is 29.2 Å². The standard InChI is InChI=1S/C20H17N7O5S3/c1-32-24-12(15-23-20(21)35-25-15)16(28)22-13-17(29)27-14(19(30)31)10(8-34-18(13)27)6-26-4-2-9-3-5-33-11(9)7-26/h2-5,7,13,18H,6,8H2,1H3,(H3-,21,22,23,25,28,30,31)/p+1/b24-12-/t13?,18-/m1/s1. The molecule has 0 radical (unpaired) electrons. The maximum atomic E-state index is 13.0. The number of thioether (sulfide) groups is 1. The van der Waals surface area contributed by atoms with Crippen LogP contribution in [0.5, 0.6) is 0 Å². The van der Waals surface area contributed by atoms with Crippen molar-refractivity contribution in [2.75, 3.05) is 18.6 Å². The molecule has 4 N–H and O–H groups in total. The van der Waals surface area contributed by atoms with E-state index in [4.69, 9.17) is 10.6 Å². The minimum Gasteiger partial charge on any atom is -0.477 e. The number of amides is 2. The highest BCUT2D eigenvalue weighted by Crippen LogP contribution is 2.40. The fourth-order valence-corrected chi connectivity index (χ4v) is 6.48. The van der Waals surface area contributed by atoms with Crippen molar-refractivity contribution in [3.05, 3.63) is 47.0 Å². The molecule has 5 rings (SSSR count). The zero-order valence-corrected chi connectivity index (χ0v) is 20.5. The zero-order valence-electron chi connectivity index (χ0n) is 18.1. The number of rotatable bonds is 7. The number of aromatic nitrogens is 3. The molecule has 0 aromatic carbocycles. The van der Waals surface area contributed by atoms with Gasteiger partial charge in [0.05, 0.1) is 4.70 Å². The van der Waals surface area contributed by atoms with Crippen LogP contribution >= 0.6 is 34.6 Å². The molecule has 0 aliphatic carbocycles. The van der Waals surface area contributed by atoms with E-state index >= 15 is 0 Å². The van der Waals surface area contributed by atoms with Gasteiger partial charge in [0.2, 0.25) is 11.5 Å². The third kappa shape index (κ3) is 4.21. The topological polar surface area (TPSA) is 164 Å². The number of nitrogens with two attached hydrogens (primary N) is 1. The number of carboxylic acid groups (broad SMARTS) is 1. The lowest BCUT2D eigenvalue weighted by atomic mass is 10.0. The van der Waals surface area contributed by atoms with Gasteiger partial charge in [-0.2, -0.15) is 13.9 Å². The second-order valence-corrected chi connectivity index (χ2v) is 10.4. The zero-order chi connectivity index (χ0) is 24.7. The summed E-state index contributed by atoms with van der Waals surface area (Å²) in [6.45, 7) is 0.331. The predicted octanol–water partition coefficient (Wildman–Crippen LogP) is 0.412. The number of hydrogen-bond donors (Lipinski definition) is 3. The van der Waals surface area contributed by atoms with Crippen LogP contribution in [-0.2, 0) is 25.8 Å². The summed E-state index contributed by atoms with van der Waals surface area (Å²) in [7, 11) is 1.26. The molecule has 1 saturated heterocycles. The number of pyridine rings is 1. The van der Waals surface area contributed by atoms with Crippen molar-refractivity contribution in [3.63, 3.8) is 0 Å². The molecule has 0 saturated carbocycles. The number of nitrogens with zero attached hydrogens (tertiary/aromatic N) is 5. The summed E-state index contributed by atoms with van der Waals surface area (Å²) in [5.41, 5.74) is 5.91. The first-order valence-corrected chi connectivity index (χ1v) is 12.9. The number of carbonyl (C=O) groups excluding carboxylic acids is 2. The Morgan fingerprint density at radius 3 is 2.97 bits per heavy atom. The SMILES string of the molecule is CO/N=C(\C(=O)NC1C(=O)N2C(C(=O)O)=C(C[n+]3ccc4ccsc4c3)CS[C@H]12)c1nsc(N)n1. The number of carboxylic acids is 1. The Kier molecular flexibility index (Phi) is 6.12.